The van der Waals surface area contributed by atoms with E-state index in [0.717, 1.165) is 0 Å². The molecule has 0 radical (unpaired) electrons. The lowest BCUT2D eigenvalue weighted by Gasteiger charge is -2.12. The first-order chi connectivity index (χ1) is 10.9. The van der Waals surface area contributed by atoms with Gasteiger partial charge in [0.05, 0.1) is 13.1 Å². The molecule has 0 heterocycles. The molecular weight excluding hydrogens is 304 g/mol. The van der Waals surface area contributed by atoms with Gasteiger partial charge < -0.3 is 21.5 Å². The number of imide groups is 1. The molecule has 0 aliphatic carbocycles. The van der Waals surface area contributed by atoms with Crippen LogP contribution in [-0.2, 0) is 19.1 Å². The molecule has 1 atom stereocenters. The molecule has 1 rings (SSSR count). The molecule has 1 aromatic carbocycles. The summed E-state index contributed by atoms with van der Waals surface area (Å²) in [5.74, 6) is -2.72. The zero-order valence-electron chi connectivity index (χ0n) is 12.3. The van der Waals surface area contributed by atoms with Crippen molar-refractivity contribution in [3.8, 4) is 0 Å². The Labute approximate surface area is 132 Å². The standard InChI is InChI=1S/C14H18N4O5/c15-6-12(20)23-8-10(16)14(22)18-11(19)7-17-13(21)9-4-2-1-3-5-9/h1-5,10H,6-8,15-16H2,(H,17,21)(H,18,19,22). The van der Waals surface area contributed by atoms with Gasteiger partial charge in [-0.3, -0.25) is 24.5 Å². The summed E-state index contributed by atoms with van der Waals surface area (Å²) < 4.78 is 4.58. The van der Waals surface area contributed by atoms with Crippen molar-refractivity contribution < 1.29 is 23.9 Å². The van der Waals surface area contributed by atoms with Gasteiger partial charge in [0.1, 0.15) is 12.6 Å². The average molecular weight is 322 g/mol. The molecule has 0 bridgehead atoms. The molecule has 0 aliphatic heterocycles. The molecule has 6 N–H and O–H groups in total. The van der Waals surface area contributed by atoms with Crippen LogP contribution in [0.25, 0.3) is 0 Å². The number of carbonyl (C=O) groups is 4. The smallest absolute Gasteiger partial charge is 0.319 e. The van der Waals surface area contributed by atoms with Gasteiger partial charge in [0.15, 0.2) is 0 Å². The number of carbonyl (C=O) groups excluding carboxylic acids is 4. The molecule has 9 nitrogen and oxygen atoms in total. The van der Waals surface area contributed by atoms with Gasteiger partial charge in [-0.2, -0.15) is 0 Å². The number of nitrogens with one attached hydrogen (secondary N) is 2. The molecule has 0 aromatic heterocycles. The minimum atomic E-state index is -1.21. The van der Waals surface area contributed by atoms with Crippen molar-refractivity contribution in [2.45, 2.75) is 6.04 Å². The third-order valence-electron chi connectivity index (χ3n) is 2.64. The van der Waals surface area contributed by atoms with Crippen LogP contribution >= 0.6 is 0 Å². The number of hydrogen-bond acceptors (Lipinski definition) is 7. The summed E-state index contributed by atoms with van der Waals surface area (Å²) in [6, 6.07) is 7.07. The number of nitrogens with two attached hydrogens (primary N) is 2. The summed E-state index contributed by atoms with van der Waals surface area (Å²) in [6.45, 7) is -1.13. The van der Waals surface area contributed by atoms with Crippen LogP contribution in [0.1, 0.15) is 10.4 Å². The maximum atomic E-state index is 11.7. The molecule has 1 unspecified atom stereocenters. The highest BCUT2D eigenvalue weighted by Crippen LogP contribution is 1.97. The van der Waals surface area contributed by atoms with Gasteiger partial charge in [0.25, 0.3) is 5.91 Å². The van der Waals surface area contributed by atoms with E-state index in [2.05, 4.69) is 10.1 Å². The third-order valence-corrected chi connectivity index (χ3v) is 2.64. The van der Waals surface area contributed by atoms with E-state index in [1.165, 1.54) is 0 Å². The van der Waals surface area contributed by atoms with E-state index in [1.54, 1.807) is 30.3 Å². The second kappa shape index (κ2) is 9.28. The Kier molecular flexibility index (Phi) is 7.37. The van der Waals surface area contributed by atoms with E-state index in [9.17, 15) is 19.2 Å². The van der Waals surface area contributed by atoms with Crippen LogP contribution < -0.4 is 22.1 Å². The summed E-state index contributed by atoms with van der Waals surface area (Å²) in [6.07, 6.45) is 0. The largest absolute Gasteiger partial charge is 0.463 e. The zero-order chi connectivity index (χ0) is 17.2. The fraction of sp³-hybridized carbons (Fsp3) is 0.286. The predicted octanol–water partition coefficient (Wildman–Crippen LogP) is -2.11. The monoisotopic (exact) mass is 322 g/mol. The van der Waals surface area contributed by atoms with Crippen LogP contribution in [0.15, 0.2) is 30.3 Å². The van der Waals surface area contributed by atoms with Crippen molar-refractivity contribution in [1.82, 2.24) is 10.6 Å². The topological polar surface area (TPSA) is 154 Å². The van der Waals surface area contributed by atoms with Gasteiger partial charge in [0, 0.05) is 5.56 Å². The predicted molar refractivity (Wildman–Crippen MR) is 79.9 cm³/mol. The Hall–Kier alpha value is -2.78. The van der Waals surface area contributed by atoms with Gasteiger partial charge in [-0.05, 0) is 12.1 Å². The van der Waals surface area contributed by atoms with Gasteiger partial charge in [-0.25, -0.2) is 0 Å². The van der Waals surface area contributed by atoms with Crippen LogP contribution in [0.5, 0.6) is 0 Å². The summed E-state index contributed by atoms with van der Waals surface area (Å²) in [5.41, 5.74) is 10.9. The van der Waals surface area contributed by atoms with Crippen molar-refractivity contribution in [2.75, 3.05) is 19.7 Å². The summed E-state index contributed by atoms with van der Waals surface area (Å²) in [5, 5.41) is 4.34. The van der Waals surface area contributed by atoms with Gasteiger partial charge in [-0.15, -0.1) is 0 Å². The van der Waals surface area contributed by atoms with Gasteiger partial charge >= 0.3 is 5.97 Å². The first-order valence-electron chi connectivity index (χ1n) is 6.72. The van der Waals surface area contributed by atoms with E-state index < -0.39 is 42.9 Å². The Morgan fingerprint density at radius 2 is 1.78 bits per heavy atom. The number of hydrogen-bond donors (Lipinski definition) is 4. The van der Waals surface area contributed by atoms with Crippen molar-refractivity contribution in [1.29, 1.82) is 0 Å². The minimum absolute atomic E-state index is 0.335. The molecular formula is C14H18N4O5. The fourth-order valence-corrected chi connectivity index (χ4v) is 1.44. The quantitative estimate of drug-likeness (QED) is 0.419. The molecule has 124 valence electrons. The average Bonchev–Trinajstić information content (AvgIpc) is 2.57. The second-order valence-corrected chi connectivity index (χ2v) is 4.45. The Bertz CT molecular complexity index is 576. The number of benzene rings is 1. The molecule has 0 saturated carbocycles. The van der Waals surface area contributed by atoms with Gasteiger partial charge in [-0.1, -0.05) is 18.2 Å². The Morgan fingerprint density at radius 3 is 2.39 bits per heavy atom. The number of esters is 1. The summed E-state index contributed by atoms with van der Waals surface area (Å²) in [4.78, 5) is 45.7. The zero-order valence-corrected chi connectivity index (χ0v) is 12.3. The molecule has 1 aromatic rings. The molecule has 0 aliphatic rings. The molecule has 0 fully saturated rings. The first kappa shape index (κ1) is 18.3. The highest BCUT2D eigenvalue weighted by atomic mass is 16.5. The third kappa shape index (κ3) is 6.68. The van der Waals surface area contributed by atoms with E-state index >= 15 is 0 Å². The van der Waals surface area contributed by atoms with Crippen molar-refractivity contribution in [2.24, 2.45) is 11.5 Å². The molecule has 9 heteroatoms. The van der Waals surface area contributed by atoms with Crippen molar-refractivity contribution in [3.05, 3.63) is 35.9 Å². The van der Waals surface area contributed by atoms with Crippen LogP contribution in [-0.4, -0.2) is 49.4 Å². The normalized spacial score (nSPS) is 11.2. The Morgan fingerprint density at radius 1 is 1.13 bits per heavy atom. The summed E-state index contributed by atoms with van der Waals surface area (Å²) >= 11 is 0. The number of rotatable bonds is 7. The lowest BCUT2D eigenvalue weighted by molar-refractivity contribution is -0.143. The fourth-order valence-electron chi connectivity index (χ4n) is 1.44. The molecule has 0 saturated heterocycles. The second-order valence-electron chi connectivity index (χ2n) is 4.45. The van der Waals surface area contributed by atoms with E-state index in [-0.39, 0.29) is 6.54 Å². The van der Waals surface area contributed by atoms with Crippen LogP contribution in [0, 0.1) is 0 Å². The lowest BCUT2D eigenvalue weighted by atomic mass is 10.2. The Balaban J connectivity index is 2.34. The van der Waals surface area contributed by atoms with Crippen molar-refractivity contribution >= 4 is 23.7 Å². The summed E-state index contributed by atoms with van der Waals surface area (Å²) in [7, 11) is 0. The van der Waals surface area contributed by atoms with E-state index in [1.807, 2.05) is 5.32 Å². The highest BCUT2D eigenvalue weighted by molar-refractivity contribution is 6.01. The molecule has 0 spiro atoms. The van der Waals surface area contributed by atoms with E-state index in [0.29, 0.717) is 5.56 Å². The van der Waals surface area contributed by atoms with Gasteiger partial charge in [0.2, 0.25) is 11.8 Å². The van der Waals surface area contributed by atoms with Crippen LogP contribution in [0.2, 0.25) is 0 Å². The van der Waals surface area contributed by atoms with Crippen LogP contribution in [0.4, 0.5) is 0 Å². The maximum Gasteiger partial charge on any atom is 0.319 e. The first-order valence-corrected chi connectivity index (χ1v) is 6.72. The number of amides is 3. The van der Waals surface area contributed by atoms with E-state index in [4.69, 9.17) is 11.5 Å². The van der Waals surface area contributed by atoms with Crippen LogP contribution in [0.3, 0.4) is 0 Å². The lowest BCUT2D eigenvalue weighted by Crippen LogP contribution is -2.49. The van der Waals surface area contributed by atoms with Crippen molar-refractivity contribution in [3.63, 3.8) is 0 Å². The maximum absolute atomic E-state index is 11.7. The molecule has 23 heavy (non-hydrogen) atoms. The molecule has 3 amide bonds. The SMILES string of the molecule is NCC(=O)OCC(N)C(=O)NC(=O)CNC(=O)c1ccccc1. The minimum Gasteiger partial charge on any atom is -0.463 e. The highest BCUT2D eigenvalue weighted by Gasteiger charge is 2.18. The number of ether oxygens (including phenoxy) is 1.